The van der Waals surface area contributed by atoms with E-state index in [1.54, 1.807) is 11.0 Å². The molecule has 0 aliphatic rings. The van der Waals surface area contributed by atoms with Crippen molar-refractivity contribution in [3.05, 3.63) is 41.7 Å². The minimum atomic E-state index is 0.990. The molecule has 0 spiro atoms. The van der Waals surface area contributed by atoms with E-state index in [2.05, 4.69) is 28.5 Å². The van der Waals surface area contributed by atoms with Crippen molar-refractivity contribution >= 4 is 6.08 Å². The van der Waals surface area contributed by atoms with Crippen LogP contribution in [0.1, 0.15) is 18.1 Å². The first-order valence-corrected chi connectivity index (χ1v) is 4.78. The molecule has 0 atom stereocenters. The summed E-state index contributed by atoms with van der Waals surface area (Å²) >= 11 is 0. The molecule has 0 amide bonds. The van der Waals surface area contributed by atoms with Crippen molar-refractivity contribution in [2.24, 2.45) is 0 Å². The zero-order valence-corrected chi connectivity index (χ0v) is 8.75. The average Bonchev–Trinajstić information content (AvgIpc) is 2.71. The van der Waals surface area contributed by atoms with Crippen molar-refractivity contribution in [3.63, 3.8) is 0 Å². The summed E-state index contributed by atoms with van der Waals surface area (Å²) < 4.78 is 1.66. The molecule has 2 rings (SSSR count). The lowest BCUT2D eigenvalue weighted by atomic mass is 10.1. The lowest BCUT2D eigenvalue weighted by molar-refractivity contribution is 0.788. The highest BCUT2D eigenvalue weighted by Crippen LogP contribution is 2.16. The molecule has 4 heteroatoms. The van der Waals surface area contributed by atoms with Crippen molar-refractivity contribution in [1.82, 2.24) is 20.2 Å². The summed E-state index contributed by atoms with van der Waals surface area (Å²) in [6, 6.07) is 6.17. The summed E-state index contributed by atoms with van der Waals surface area (Å²) in [6.45, 7) is 4.06. The highest BCUT2D eigenvalue weighted by molar-refractivity contribution is 5.61. The molecule has 0 unspecified atom stereocenters. The van der Waals surface area contributed by atoms with E-state index in [1.807, 2.05) is 31.2 Å². The maximum Gasteiger partial charge on any atom is 0.143 e. The predicted molar refractivity (Wildman–Crippen MR) is 58.6 cm³/mol. The van der Waals surface area contributed by atoms with Crippen LogP contribution in [-0.2, 0) is 0 Å². The smallest absolute Gasteiger partial charge is 0.143 e. The van der Waals surface area contributed by atoms with E-state index in [4.69, 9.17) is 0 Å². The third-order valence-corrected chi connectivity index (χ3v) is 2.13. The second-order valence-electron chi connectivity index (χ2n) is 3.32. The summed E-state index contributed by atoms with van der Waals surface area (Å²) in [6.07, 6.45) is 5.64. The van der Waals surface area contributed by atoms with Crippen LogP contribution in [0.4, 0.5) is 0 Å². The van der Waals surface area contributed by atoms with Crippen LogP contribution in [0.3, 0.4) is 0 Å². The highest BCUT2D eigenvalue weighted by atomic mass is 15.5. The van der Waals surface area contributed by atoms with E-state index in [-0.39, 0.29) is 0 Å². The zero-order valence-electron chi connectivity index (χ0n) is 8.75. The van der Waals surface area contributed by atoms with Gasteiger partial charge in [-0.3, -0.25) is 0 Å². The number of tetrazole rings is 1. The van der Waals surface area contributed by atoms with Crippen molar-refractivity contribution < 1.29 is 0 Å². The molecule has 1 aromatic carbocycles. The maximum atomic E-state index is 3.88. The molecule has 1 aromatic heterocycles. The number of benzene rings is 1. The fourth-order valence-corrected chi connectivity index (χ4v) is 1.47. The summed E-state index contributed by atoms with van der Waals surface area (Å²) in [7, 11) is 0. The molecule has 4 nitrogen and oxygen atoms in total. The zero-order chi connectivity index (χ0) is 10.7. The van der Waals surface area contributed by atoms with Gasteiger partial charge < -0.3 is 0 Å². The van der Waals surface area contributed by atoms with E-state index in [9.17, 15) is 0 Å². The van der Waals surface area contributed by atoms with Gasteiger partial charge in [-0.2, -0.15) is 4.68 Å². The molecule has 0 N–H and O–H groups in total. The third kappa shape index (κ3) is 1.93. The number of allylic oxidation sites excluding steroid dienone is 1. The van der Waals surface area contributed by atoms with Crippen LogP contribution in [0.5, 0.6) is 0 Å². The Morgan fingerprint density at radius 3 is 2.87 bits per heavy atom. The second-order valence-corrected chi connectivity index (χ2v) is 3.32. The second kappa shape index (κ2) is 4.04. The Morgan fingerprint density at radius 1 is 1.33 bits per heavy atom. The molecule has 0 saturated heterocycles. The Morgan fingerprint density at radius 2 is 2.20 bits per heavy atom. The first-order chi connectivity index (χ1) is 7.31. The van der Waals surface area contributed by atoms with E-state index >= 15 is 0 Å². The Labute approximate surface area is 88.2 Å². The van der Waals surface area contributed by atoms with Gasteiger partial charge in [0.25, 0.3) is 0 Å². The molecule has 0 radical (unpaired) electrons. The van der Waals surface area contributed by atoms with Gasteiger partial charge in [0.1, 0.15) is 6.33 Å². The fraction of sp³-hybridized carbons (Fsp3) is 0.182. The van der Waals surface area contributed by atoms with Crippen LogP contribution in [0.25, 0.3) is 11.8 Å². The van der Waals surface area contributed by atoms with Gasteiger partial charge in [0, 0.05) is 5.56 Å². The summed E-state index contributed by atoms with van der Waals surface area (Å²) in [5, 5.41) is 11.1. The van der Waals surface area contributed by atoms with E-state index in [0.29, 0.717) is 0 Å². The SMILES string of the molecule is C/C=C/c1cc(C)ccc1-n1cnnn1. The fourth-order valence-electron chi connectivity index (χ4n) is 1.47. The minimum Gasteiger partial charge on any atom is -0.200 e. The monoisotopic (exact) mass is 200 g/mol. The Kier molecular flexibility index (Phi) is 2.58. The summed E-state index contributed by atoms with van der Waals surface area (Å²) in [5.41, 5.74) is 3.33. The van der Waals surface area contributed by atoms with Crippen LogP contribution in [-0.4, -0.2) is 20.2 Å². The number of aryl methyl sites for hydroxylation is 1. The molecule has 2 aromatic rings. The number of nitrogens with zero attached hydrogens (tertiary/aromatic N) is 4. The number of hydrogen-bond donors (Lipinski definition) is 0. The van der Waals surface area contributed by atoms with E-state index < -0.39 is 0 Å². The Balaban J connectivity index is 2.56. The third-order valence-electron chi connectivity index (χ3n) is 2.13. The molecular formula is C11H12N4. The van der Waals surface area contributed by atoms with Crippen LogP contribution in [0, 0.1) is 6.92 Å². The largest absolute Gasteiger partial charge is 0.200 e. The van der Waals surface area contributed by atoms with Crippen LogP contribution in [0.2, 0.25) is 0 Å². The first kappa shape index (κ1) is 9.58. The normalized spacial score (nSPS) is 11.1. The topological polar surface area (TPSA) is 43.6 Å². The number of hydrogen-bond acceptors (Lipinski definition) is 3. The van der Waals surface area contributed by atoms with Crippen LogP contribution < -0.4 is 0 Å². The van der Waals surface area contributed by atoms with Crippen LogP contribution in [0.15, 0.2) is 30.6 Å². The van der Waals surface area contributed by atoms with Gasteiger partial charge >= 0.3 is 0 Å². The van der Waals surface area contributed by atoms with E-state index in [0.717, 1.165) is 11.3 Å². The van der Waals surface area contributed by atoms with Gasteiger partial charge in [-0.15, -0.1) is 5.10 Å². The Bertz CT molecular complexity index is 471. The maximum absolute atomic E-state index is 3.88. The molecule has 0 aliphatic carbocycles. The number of aromatic nitrogens is 4. The summed E-state index contributed by atoms with van der Waals surface area (Å²) in [4.78, 5) is 0. The minimum absolute atomic E-state index is 0.990. The lowest BCUT2D eigenvalue weighted by Crippen LogP contribution is -1.98. The molecule has 0 bridgehead atoms. The van der Waals surface area contributed by atoms with E-state index in [1.165, 1.54) is 5.56 Å². The quantitative estimate of drug-likeness (QED) is 0.744. The summed E-state index contributed by atoms with van der Waals surface area (Å²) in [5.74, 6) is 0. The standard InChI is InChI=1S/C11H12N4/c1-3-4-10-7-9(2)5-6-11(10)15-8-12-13-14-15/h3-8H,1-2H3/b4-3+. The molecule has 1 heterocycles. The molecule has 0 saturated carbocycles. The van der Waals surface area contributed by atoms with Crippen LogP contribution >= 0.6 is 0 Å². The average molecular weight is 200 g/mol. The highest BCUT2D eigenvalue weighted by Gasteiger charge is 2.03. The van der Waals surface area contributed by atoms with Gasteiger partial charge in [-0.1, -0.05) is 23.8 Å². The molecular weight excluding hydrogens is 188 g/mol. The van der Waals surface area contributed by atoms with Crippen molar-refractivity contribution in [3.8, 4) is 5.69 Å². The lowest BCUT2D eigenvalue weighted by Gasteiger charge is -2.05. The predicted octanol–water partition coefficient (Wildman–Crippen LogP) is 2.00. The Hall–Kier alpha value is -1.97. The molecule has 76 valence electrons. The van der Waals surface area contributed by atoms with Gasteiger partial charge in [0.05, 0.1) is 5.69 Å². The first-order valence-electron chi connectivity index (χ1n) is 4.78. The number of rotatable bonds is 2. The van der Waals surface area contributed by atoms with Crippen molar-refractivity contribution in [2.75, 3.05) is 0 Å². The van der Waals surface area contributed by atoms with Gasteiger partial charge in [0.15, 0.2) is 0 Å². The van der Waals surface area contributed by atoms with Gasteiger partial charge in [-0.05, 0) is 36.4 Å². The molecule has 0 fully saturated rings. The van der Waals surface area contributed by atoms with Crippen molar-refractivity contribution in [2.45, 2.75) is 13.8 Å². The van der Waals surface area contributed by atoms with Crippen molar-refractivity contribution in [1.29, 1.82) is 0 Å². The van der Waals surface area contributed by atoms with Gasteiger partial charge in [0.2, 0.25) is 0 Å². The van der Waals surface area contributed by atoms with Gasteiger partial charge in [-0.25, -0.2) is 0 Å². The molecule has 0 aliphatic heterocycles. The molecule has 15 heavy (non-hydrogen) atoms.